The highest BCUT2D eigenvalue weighted by atomic mass is 16.5. The van der Waals surface area contributed by atoms with Gasteiger partial charge in [0.25, 0.3) is 0 Å². The van der Waals surface area contributed by atoms with Crippen molar-refractivity contribution in [2.75, 3.05) is 9.80 Å². The first kappa shape index (κ1) is 67.6. The molecule has 9 aromatic carbocycles. The molecule has 2 unspecified atom stereocenters. The van der Waals surface area contributed by atoms with Gasteiger partial charge in [-0.1, -0.05) is 285 Å². The van der Waals surface area contributed by atoms with E-state index in [1.807, 2.05) is 0 Å². The lowest BCUT2D eigenvalue weighted by atomic mass is 9.68. The van der Waals surface area contributed by atoms with Crippen LogP contribution in [0.4, 0.5) is 34.1 Å². The molecule has 2 atom stereocenters. The minimum Gasteiger partial charge on any atom is -0.456 e. The number of ether oxygens (including phenoxy) is 1. The van der Waals surface area contributed by atoms with Crippen LogP contribution in [-0.2, 0) is 15.6 Å². The molecule has 0 saturated carbocycles. The predicted molar refractivity (Wildman–Crippen MR) is 425 cm³/mol. The highest BCUT2D eigenvalue weighted by Gasteiger charge is 2.49. The molecule has 100 heavy (non-hydrogen) atoms. The van der Waals surface area contributed by atoms with Crippen LogP contribution >= 0.6 is 0 Å². The van der Waals surface area contributed by atoms with Crippen LogP contribution in [0.25, 0.3) is 66.4 Å². The summed E-state index contributed by atoms with van der Waals surface area (Å²) in [6, 6.07) is 80.6. The standard InChI is InChI=1S/C96H108N2O2/c1-5-9-13-17-21-35-59-95(60-36-22-18-14-10-6-2)85-65-73(97(71-39-27-25-28-40-71)89-45-33-31-43-75(89)69-47-51-79-83(63-69)93-57-55-91(79)99-93)49-53-77(85)81-68-88-82(67-87(81)95)78-54-50-74(66-86(78)96(88,61-37-23-19-15-11-7-3)62-38-24-20-16-12-8-4)98(72-41-29-26-30-42-72)90-46-34-32-44-76(90)70-48-52-80-84(64-70)94-58-56-92(80)100-94/h25-34,39-55,57,63-68,92,94H,5-24,35-38,56,58-62H2,1-4H3. The van der Waals surface area contributed by atoms with Crippen molar-refractivity contribution in [1.82, 2.24) is 0 Å². The number of hydrogen-bond donors (Lipinski definition) is 0. The number of hydrogen-bond acceptors (Lipinski definition) is 4. The first-order valence-corrected chi connectivity index (χ1v) is 39.9. The second kappa shape index (κ2) is 31.0. The van der Waals surface area contributed by atoms with Gasteiger partial charge in [0, 0.05) is 55.5 Å². The number of furan rings is 2. The molecule has 2 aromatic heterocycles. The van der Waals surface area contributed by atoms with Gasteiger partial charge < -0.3 is 19.0 Å². The topological polar surface area (TPSA) is 28.9 Å². The Morgan fingerprint density at radius 3 is 1.16 bits per heavy atom. The second-order valence-corrected chi connectivity index (χ2v) is 30.5. The van der Waals surface area contributed by atoms with Crippen LogP contribution in [0, 0.1) is 0 Å². The van der Waals surface area contributed by atoms with Gasteiger partial charge in [-0.15, -0.1) is 0 Å². The van der Waals surface area contributed by atoms with Gasteiger partial charge in [0.15, 0.2) is 0 Å². The molecule has 514 valence electrons. The van der Waals surface area contributed by atoms with Gasteiger partial charge in [-0.3, -0.25) is 0 Å². The third-order valence-corrected chi connectivity index (χ3v) is 24.0. The first-order valence-electron chi connectivity index (χ1n) is 39.9. The van der Waals surface area contributed by atoms with Crippen LogP contribution in [0.3, 0.4) is 0 Å². The van der Waals surface area contributed by atoms with E-state index in [0.29, 0.717) is 0 Å². The molecule has 0 amide bonds. The molecule has 0 spiro atoms. The number of fused-ring (bicyclic) bond motifs is 16. The Bertz CT molecular complexity index is 4500. The Morgan fingerprint density at radius 2 is 0.690 bits per heavy atom. The zero-order valence-electron chi connectivity index (χ0n) is 60.7. The molecule has 2 aliphatic heterocycles. The normalized spacial score (nSPS) is 15.8. The lowest BCUT2D eigenvalue weighted by molar-refractivity contribution is 0.0717. The number of para-hydroxylation sites is 4. The molecule has 0 N–H and O–H groups in total. The summed E-state index contributed by atoms with van der Waals surface area (Å²) in [4.78, 5) is 5.18. The van der Waals surface area contributed by atoms with Crippen LogP contribution in [-0.4, -0.2) is 0 Å². The third kappa shape index (κ3) is 13.2. The zero-order valence-corrected chi connectivity index (χ0v) is 60.7. The van der Waals surface area contributed by atoms with E-state index in [1.54, 1.807) is 22.3 Å². The summed E-state index contributed by atoms with van der Waals surface area (Å²) in [5.41, 5.74) is 28.7. The molecular weight excluding hydrogens is 1210 g/mol. The van der Waals surface area contributed by atoms with E-state index in [4.69, 9.17) is 9.15 Å². The average Bonchev–Trinajstić information content (AvgIpc) is 1.52. The highest BCUT2D eigenvalue weighted by Crippen LogP contribution is 2.63. The molecule has 4 aliphatic rings. The fourth-order valence-corrected chi connectivity index (χ4v) is 18.9. The molecule has 4 nitrogen and oxygen atoms in total. The van der Waals surface area contributed by atoms with Crippen LogP contribution in [0.2, 0.25) is 0 Å². The van der Waals surface area contributed by atoms with Crippen molar-refractivity contribution in [3.05, 3.63) is 240 Å². The molecule has 4 bridgehead atoms. The Hall–Kier alpha value is -8.18. The molecule has 11 aromatic rings. The van der Waals surface area contributed by atoms with E-state index in [1.165, 1.54) is 255 Å². The maximum atomic E-state index is 6.52. The smallest absolute Gasteiger partial charge is 0.135 e. The maximum absolute atomic E-state index is 6.52. The number of unbranched alkanes of at least 4 members (excludes halogenated alkanes) is 20. The third-order valence-electron chi connectivity index (χ3n) is 24.0. The number of benzene rings is 10. The number of anilines is 6. The van der Waals surface area contributed by atoms with E-state index < -0.39 is 0 Å². The number of nitrogens with zero attached hydrogens (tertiary/aromatic N) is 2. The van der Waals surface area contributed by atoms with E-state index >= 15 is 0 Å². The monoisotopic (exact) mass is 1320 g/mol. The largest absolute Gasteiger partial charge is 0.456 e. The number of rotatable bonds is 36. The van der Waals surface area contributed by atoms with Crippen molar-refractivity contribution in [1.29, 1.82) is 0 Å². The molecule has 0 radical (unpaired) electrons. The summed E-state index contributed by atoms with van der Waals surface area (Å²) < 4.78 is 12.8. The lowest BCUT2D eigenvalue weighted by Gasteiger charge is -2.36. The molecule has 4 heteroatoms. The van der Waals surface area contributed by atoms with Crippen LogP contribution in [0.1, 0.15) is 266 Å². The summed E-state index contributed by atoms with van der Waals surface area (Å²) in [5.74, 6) is 0. The van der Waals surface area contributed by atoms with E-state index in [9.17, 15) is 0 Å². The molecule has 4 heterocycles. The predicted octanol–water partition coefficient (Wildman–Crippen LogP) is 29.7. The van der Waals surface area contributed by atoms with Gasteiger partial charge in [-0.05, 0) is 208 Å². The molecule has 1 fully saturated rings. The summed E-state index contributed by atoms with van der Waals surface area (Å²) in [7, 11) is 0. The van der Waals surface area contributed by atoms with Crippen molar-refractivity contribution in [3.8, 4) is 44.5 Å². The van der Waals surface area contributed by atoms with Crippen molar-refractivity contribution >= 4 is 56.1 Å². The van der Waals surface area contributed by atoms with Crippen molar-refractivity contribution in [3.63, 3.8) is 0 Å². The second-order valence-electron chi connectivity index (χ2n) is 30.5. The quantitative estimate of drug-likeness (QED) is 0.0366. The molecule has 1 saturated heterocycles. The van der Waals surface area contributed by atoms with Crippen LogP contribution in [0.15, 0.2) is 211 Å². The van der Waals surface area contributed by atoms with Gasteiger partial charge >= 0.3 is 0 Å². The van der Waals surface area contributed by atoms with Crippen molar-refractivity contribution < 1.29 is 9.15 Å². The van der Waals surface area contributed by atoms with Gasteiger partial charge in [0.1, 0.15) is 11.2 Å². The fourth-order valence-electron chi connectivity index (χ4n) is 18.9. The van der Waals surface area contributed by atoms with E-state index in [2.05, 4.69) is 244 Å². The Morgan fingerprint density at radius 1 is 0.300 bits per heavy atom. The van der Waals surface area contributed by atoms with Crippen molar-refractivity contribution in [2.45, 2.75) is 243 Å². The van der Waals surface area contributed by atoms with Gasteiger partial charge in [-0.25, -0.2) is 0 Å². The summed E-state index contributed by atoms with van der Waals surface area (Å²) in [6.45, 7) is 9.43. The van der Waals surface area contributed by atoms with Gasteiger partial charge in [0.2, 0.25) is 0 Å². The summed E-state index contributed by atoms with van der Waals surface area (Å²) >= 11 is 0. The minimum absolute atomic E-state index is 0.166. The molecular formula is C96H108N2O2. The maximum Gasteiger partial charge on any atom is 0.135 e. The fraction of sp³-hybridized carbons (Fsp3) is 0.396. The summed E-state index contributed by atoms with van der Waals surface area (Å²) in [5, 5.41) is 2.37. The average molecular weight is 1320 g/mol. The van der Waals surface area contributed by atoms with Gasteiger partial charge in [-0.2, -0.15) is 0 Å². The molecule has 15 rings (SSSR count). The van der Waals surface area contributed by atoms with E-state index in [-0.39, 0.29) is 23.0 Å². The lowest BCUT2D eigenvalue weighted by Crippen LogP contribution is -2.27. The minimum atomic E-state index is -0.171. The Balaban J connectivity index is 0.914. The SMILES string of the molecule is CCCCCCCCC1(CCCCCCCC)c2cc(N(c3ccccc3)c3ccccc3-c3ccc4c(c3)C3CCC4O3)ccc2-c2cc3c(cc21)-c1ccc(N(c2ccccc2)c2ccccc2-c2ccc4c5ccc(o5)c4c2)cc1C3(CCCCCCCC)CCCCCCCC. The van der Waals surface area contributed by atoms with Gasteiger partial charge in [0.05, 0.1) is 23.6 Å². The Labute approximate surface area is 599 Å². The van der Waals surface area contributed by atoms with Crippen molar-refractivity contribution in [2.24, 2.45) is 0 Å². The van der Waals surface area contributed by atoms with E-state index in [0.717, 1.165) is 49.7 Å². The van der Waals surface area contributed by atoms with Crippen LogP contribution < -0.4 is 9.80 Å². The Kier molecular flexibility index (Phi) is 20.9. The summed E-state index contributed by atoms with van der Waals surface area (Å²) in [6.07, 6.45) is 38.1. The molecule has 2 aliphatic carbocycles. The van der Waals surface area contributed by atoms with Crippen LogP contribution in [0.5, 0.6) is 0 Å². The highest BCUT2D eigenvalue weighted by molar-refractivity contribution is 6.09. The first-order chi connectivity index (χ1) is 49.4. The zero-order chi connectivity index (χ0) is 67.8.